The van der Waals surface area contributed by atoms with Gasteiger partial charge in [0.15, 0.2) is 0 Å². The van der Waals surface area contributed by atoms with Crippen LogP contribution in [0, 0.1) is 0 Å². The van der Waals surface area contributed by atoms with Gasteiger partial charge in [0.25, 0.3) is 0 Å². The molecule has 1 aliphatic heterocycles. The van der Waals surface area contributed by atoms with Crippen LogP contribution >= 0.6 is 0 Å². The summed E-state index contributed by atoms with van der Waals surface area (Å²) in [5.74, 6) is 0. The molecule has 0 radical (unpaired) electrons. The van der Waals surface area contributed by atoms with Gasteiger partial charge in [-0.25, -0.2) is 0 Å². The Labute approximate surface area is 89.4 Å². The predicted octanol–water partition coefficient (Wildman–Crippen LogP) is 1.96. The van der Waals surface area contributed by atoms with E-state index in [4.69, 9.17) is 0 Å². The third-order valence-corrected chi connectivity index (χ3v) is 2.66. The Kier molecular flexibility index (Phi) is 2.90. The van der Waals surface area contributed by atoms with Crippen molar-refractivity contribution in [3.63, 3.8) is 0 Å². The molecule has 80 valence electrons. The average molecular weight is 204 g/mol. The Hall–Kier alpha value is -1.51. The van der Waals surface area contributed by atoms with E-state index in [9.17, 15) is 4.79 Å². The molecule has 15 heavy (non-hydrogen) atoms. The fourth-order valence-corrected chi connectivity index (χ4v) is 1.77. The smallest absolute Gasteiger partial charge is 0.248 e. The summed E-state index contributed by atoms with van der Waals surface area (Å²) in [7, 11) is 0. The molecule has 0 aromatic carbocycles. The zero-order chi connectivity index (χ0) is 10.7. The zero-order valence-electron chi connectivity index (χ0n) is 8.99. The monoisotopic (exact) mass is 204 g/mol. The lowest BCUT2D eigenvalue weighted by Gasteiger charge is -2.24. The Balaban J connectivity index is 2.14. The highest BCUT2D eigenvalue weighted by Gasteiger charge is 2.09. The Morgan fingerprint density at radius 2 is 2.33 bits per heavy atom. The summed E-state index contributed by atoms with van der Waals surface area (Å²) < 4.78 is 0. The maximum Gasteiger partial charge on any atom is 0.248 e. The van der Waals surface area contributed by atoms with Crippen LogP contribution in [-0.2, 0) is 6.54 Å². The molecule has 0 fully saturated rings. The summed E-state index contributed by atoms with van der Waals surface area (Å²) in [6.07, 6.45) is 6.47. The van der Waals surface area contributed by atoms with Crippen molar-refractivity contribution in [2.45, 2.75) is 26.3 Å². The molecule has 0 saturated carbocycles. The Morgan fingerprint density at radius 1 is 1.47 bits per heavy atom. The molecule has 1 aliphatic rings. The van der Waals surface area contributed by atoms with Gasteiger partial charge in [-0.15, -0.1) is 0 Å². The first-order valence-corrected chi connectivity index (χ1v) is 5.44. The van der Waals surface area contributed by atoms with Gasteiger partial charge in [-0.05, 0) is 24.1 Å². The van der Waals surface area contributed by atoms with Gasteiger partial charge in [0.05, 0.1) is 0 Å². The molecule has 1 N–H and O–H groups in total. The van der Waals surface area contributed by atoms with Gasteiger partial charge in [-0.3, -0.25) is 4.79 Å². The van der Waals surface area contributed by atoms with Gasteiger partial charge < -0.3 is 9.88 Å². The van der Waals surface area contributed by atoms with Crippen LogP contribution in [0.5, 0.6) is 0 Å². The second-order valence-corrected chi connectivity index (χ2v) is 3.90. The molecule has 1 aromatic rings. The largest absolute Gasteiger partial charge is 0.373 e. The fourth-order valence-electron chi connectivity index (χ4n) is 1.77. The molecule has 0 saturated heterocycles. The van der Waals surface area contributed by atoms with E-state index in [-0.39, 0.29) is 5.56 Å². The number of aromatic nitrogens is 1. The van der Waals surface area contributed by atoms with E-state index in [1.807, 2.05) is 12.1 Å². The number of unbranched alkanes of at least 4 members (excludes halogenated alkanes) is 1. The molecule has 0 atom stereocenters. The van der Waals surface area contributed by atoms with E-state index in [1.165, 1.54) is 18.4 Å². The quantitative estimate of drug-likeness (QED) is 0.817. The van der Waals surface area contributed by atoms with Crippen LogP contribution < -0.4 is 5.56 Å². The average Bonchev–Trinajstić information content (AvgIpc) is 2.26. The molecule has 2 heterocycles. The van der Waals surface area contributed by atoms with Gasteiger partial charge in [-0.2, -0.15) is 0 Å². The summed E-state index contributed by atoms with van der Waals surface area (Å²) in [5, 5.41) is 0. The number of nitrogens with zero attached hydrogens (tertiary/aromatic N) is 1. The fraction of sp³-hybridized carbons (Fsp3) is 0.417. The number of nitrogens with one attached hydrogen (secondary N) is 1. The van der Waals surface area contributed by atoms with Crippen molar-refractivity contribution in [2.75, 3.05) is 6.54 Å². The highest BCUT2D eigenvalue weighted by atomic mass is 16.1. The van der Waals surface area contributed by atoms with Gasteiger partial charge in [0.2, 0.25) is 5.56 Å². The van der Waals surface area contributed by atoms with Crippen LogP contribution in [0.2, 0.25) is 0 Å². The second kappa shape index (κ2) is 4.34. The molecule has 1 aromatic heterocycles. The molecule has 0 amide bonds. The van der Waals surface area contributed by atoms with Crippen molar-refractivity contribution in [3.8, 4) is 0 Å². The minimum atomic E-state index is -0.0274. The first-order valence-electron chi connectivity index (χ1n) is 5.44. The van der Waals surface area contributed by atoms with Crippen molar-refractivity contribution in [3.05, 3.63) is 39.9 Å². The van der Waals surface area contributed by atoms with E-state index in [1.54, 1.807) is 6.07 Å². The lowest BCUT2D eigenvalue weighted by atomic mass is 10.1. The van der Waals surface area contributed by atoms with Gasteiger partial charge in [0, 0.05) is 31.0 Å². The third kappa shape index (κ3) is 2.29. The van der Waals surface area contributed by atoms with Crippen molar-refractivity contribution < 1.29 is 0 Å². The van der Waals surface area contributed by atoms with Gasteiger partial charge in [0.1, 0.15) is 0 Å². The summed E-state index contributed by atoms with van der Waals surface area (Å²) in [6.45, 7) is 4.19. The maximum atomic E-state index is 11.1. The first kappa shape index (κ1) is 10.0. The van der Waals surface area contributed by atoms with E-state index >= 15 is 0 Å². The number of aromatic amines is 1. The second-order valence-electron chi connectivity index (χ2n) is 3.90. The van der Waals surface area contributed by atoms with Crippen molar-refractivity contribution in [1.82, 2.24) is 9.88 Å². The van der Waals surface area contributed by atoms with Crippen molar-refractivity contribution in [2.24, 2.45) is 0 Å². The van der Waals surface area contributed by atoms with E-state index in [0.717, 1.165) is 18.8 Å². The van der Waals surface area contributed by atoms with Crippen molar-refractivity contribution >= 4 is 6.08 Å². The normalized spacial score (nSPS) is 14.1. The van der Waals surface area contributed by atoms with Crippen LogP contribution in [0.1, 0.15) is 31.0 Å². The molecular weight excluding hydrogens is 188 g/mol. The SMILES string of the molecule is CCCCN1C=Cc2[nH]c(=O)ccc2C1. The summed E-state index contributed by atoms with van der Waals surface area (Å²) in [4.78, 5) is 16.2. The molecule has 2 rings (SSSR count). The molecule has 0 unspecified atom stereocenters. The van der Waals surface area contributed by atoms with Crippen molar-refractivity contribution in [1.29, 1.82) is 0 Å². The highest BCUT2D eigenvalue weighted by molar-refractivity contribution is 5.50. The van der Waals surface area contributed by atoms with Gasteiger partial charge in [-0.1, -0.05) is 13.3 Å². The van der Waals surface area contributed by atoms with Crippen LogP contribution in [0.25, 0.3) is 6.08 Å². The standard InChI is InChI=1S/C12H16N2O/c1-2-3-7-14-8-6-11-10(9-14)4-5-12(15)13-11/h4-6,8H,2-3,7,9H2,1H3,(H,13,15). The van der Waals surface area contributed by atoms with E-state index in [0.29, 0.717) is 0 Å². The van der Waals surface area contributed by atoms with E-state index in [2.05, 4.69) is 23.0 Å². The van der Waals surface area contributed by atoms with E-state index < -0.39 is 0 Å². The topological polar surface area (TPSA) is 36.1 Å². The molecule has 0 aliphatic carbocycles. The Bertz CT molecular complexity index is 420. The molecule has 0 bridgehead atoms. The minimum absolute atomic E-state index is 0.0274. The van der Waals surface area contributed by atoms with Crippen LogP contribution in [0.3, 0.4) is 0 Å². The third-order valence-electron chi connectivity index (χ3n) is 2.66. The highest BCUT2D eigenvalue weighted by Crippen LogP contribution is 2.16. The lowest BCUT2D eigenvalue weighted by molar-refractivity contribution is 0.358. The van der Waals surface area contributed by atoms with Crippen LogP contribution in [0.15, 0.2) is 23.1 Å². The molecule has 3 nitrogen and oxygen atoms in total. The number of hydrogen-bond donors (Lipinski definition) is 1. The van der Waals surface area contributed by atoms with Crippen LogP contribution in [-0.4, -0.2) is 16.4 Å². The van der Waals surface area contributed by atoms with Crippen LogP contribution in [0.4, 0.5) is 0 Å². The zero-order valence-corrected chi connectivity index (χ0v) is 8.99. The number of rotatable bonds is 3. The van der Waals surface area contributed by atoms with Gasteiger partial charge >= 0.3 is 0 Å². The molecule has 3 heteroatoms. The summed E-state index contributed by atoms with van der Waals surface area (Å²) in [6, 6.07) is 3.51. The number of hydrogen-bond acceptors (Lipinski definition) is 2. The maximum absolute atomic E-state index is 11.1. The first-order chi connectivity index (χ1) is 7.29. The summed E-state index contributed by atoms with van der Waals surface area (Å²) >= 11 is 0. The predicted molar refractivity (Wildman–Crippen MR) is 61.4 cm³/mol. The number of H-pyrrole nitrogens is 1. The molecule has 0 spiro atoms. The number of pyridine rings is 1. The lowest BCUT2D eigenvalue weighted by Crippen LogP contribution is -2.23. The minimum Gasteiger partial charge on any atom is -0.373 e. The molecular formula is C12H16N2O. The summed E-state index contributed by atoms with van der Waals surface area (Å²) in [5.41, 5.74) is 2.13. The number of fused-ring (bicyclic) bond motifs is 1. The Morgan fingerprint density at radius 3 is 3.13 bits per heavy atom.